The first-order chi connectivity index (χ1) is 25.2. The summed E-state index contributed by atoms with van der Waals surface area (Å²) in [6, 6.07) is 54.4. The van der Waals surface area contributed by atoms with E-state index in [1.165, 1.54) is 57.0 Å². The normalized spacial score (nSPS) is 11.9. The number of aromatic nitrogens is 2. The minimum Gasteiger partial charge on any atom is -0.436 e. The molecule has 0 atom stereocenters. The monoisotopic (exact) mass is 686 g/mol. The second kappa shape index (κ2) is 11.2. The van der Waals surface area contributed by atoms with Crippen LogP contribution in [0.2, 0.25) is 0 Å². The summed E-state index contributed by atoms with van der Waals surface area (Å²) < 4.78 is 11.4. The molecule has 0 saturated carbocycles. The van der Waals surface area contributed by atoms with E-state index in [1.54, 1.807) is 0 Å². The quantitative estimate of drug-likeness (QED) is 0.185. The zero-order valence-corrected chi connectivity index (χ0v) is 28.8. The van der Waals surface area contributed by atoms with Gasteiger partial charge in [-0.1, -0.05) is 115 Å². The summed E-state index contributed by atoms with van der Waals surface area (Å²) in [6.45, 7) is 0. The smallest absolute Gasteiger partial charge is 0.246 e. The van der Waals surface area contributed by atoms with Crippen LogP contribution in [-0.2, 0) is 0 Å². The van der Waals surface area contributed by atoms with Crippen LogP contribution in [0.4, 0.5) is 0 Å². The number of benzene rings is 7. The predicted octanol–water partition coefficient (Wildman–Crippen LogP) is 13.8. The highest BCUT2D eigenvalue weighted by Crippen LogP contribution is 2.42. The van der Waals surface area contributed by atoms with Gasteiger partial charge in [-0.25, -0.2) is 9.97 Å². The molecule has 7 aromatic carbocycles. The van der Waals surface area contributed by atoms with Crippen LogP contribution in [0.5, 0.6) is 0 Å². The van der Waals surface area contributed by atoms with Crippen LogP contribution in [0.1, 0.15) is 0 Å². The maximum absolute atomic E-state index is 6.20. The van der Waals surface area contributed by atoms with Gasteiger partial charge >= 0.3 is 0 Å². The zero-order valence-electron chi connectivity index (χ0n) is 27.1. The molecule has 51 heavy (non-hydrogen) atoms. The van der Waals surface area contributed by atoms with Crippen molar-refractivity contribution in [1.82, 2.24) is 9.97 Å². The lowest BCUT2D eigenvalue weighted by atomic mass is 9.97. The van der Waals surface area contributed by atoms with Crippen LogP contribution in [0, 0.1) is 0 Å². The number of hydrogen-bond acceptors (Lipinski definition) is 5. The fourth-order valence-corrected chi connectivity index (χ4v) is 9.99. The first kappa shape index (κ1) is 28.7. The van der Waals surface area contributed by atoms with E-state index in [-0.39, 0.29) is 0 Å². The largest absolute Gasteiger partial charge is 0.436 e. The van der Waals surface area contributed by atoms with Crippen molar-refractivity contribution in [3.63, 3.8) is 0 Å². The standard InChI is InChI=1S/C46H26N2OS2/c1-3-19-41-34(13-1)36-17-7-15-32(44(36)50-41)29-10-5-9-27(23-29)28-21-22-40-38(25-28)43-46(49-40)47-26-39(48-43)31-12-6-11-30(24-31)33-16-8-18-37-35-14-2-4-20-42(35)51-45(33)37/h1-26H. The van der Waals surface area contributed by atoms with Gasteiger partial charge in [0.2, 0.25) is 5.71 Å². The van der Waals surface area contributed by atoms with Crippen molar-refractivity contribution in [3.05, 3.63) is 158 Å². The molecule has 0 unspecified atom stereocenters. The SMILES string of the molecule is c1cc(-c2ccc3oc4ncc(-c5cccc(-c6cccc7c6sc6ccccc67)c5)nc4c3c2)cc(-c2cccc3c2sc2ccccc23)c1. The molecule has 0 aliphatic heterocycles. The maximum atomic E-state index is 6.20. The summed E-state index contributed by atoms with van der Waals surface area (Å²) in [4.78, 5) is 9.92. The van der Waals surface area contributed by atoms with Gasteiger partial charge in [0.05, 0.1) is 11.9 Å². The van der Waals surface area contributed by atoms with E-state index in [1.807, 2.05) is 34.9 Å². The van der Waals surface area contributed by atoms with Crippen molar-refractivity contribution in [2.45, 2.75) is 0 Å². The molecule has 4 heterocycles. The summed E-state index contributed by atoms with van der Waals surface area (Å²) in [6.07, 6.45) is 1.82. The summed E-state index contributed by atoms with van der Waals surface area (Å²) >= 11 is 3.71. The average Bonchev–Trinajstić information content (AvgIpc) is 3.89. The van der Waals surface area contributed by atoms with Gasteiger partial charge in [0.25, 0.3) is 0 Å². The van der Waals surface area contributed by atoms with Crippen molar-refractivity contribution in [2.75, 3.05) is 0 Å². The van der Waals surface area contributed by atoms with E-state index >= 15 is 0 Å². The van der Waals surface area contributed by atoms with Crippen LogP contribution in [-0.4, -0.2) is 9.97 Å². The van der Waals surface area contributed by atoms with E-state index in [4.69, 9.17) is 14.4 Å². The van der Waals surface area contributed by atoms with Gasteiger partial charge in [0, 0.05) is 51.3 Å². The van der Waals surface area contributed by atoms with Crippen LogP contribution >= 0.6 is 22.7 Å². The summed E-state index contributed by atoms with van der Waals surface area (Å²) in [5, 5.41) is 6.18. The van der Waals surface area contributed by atoms with Crippen molar-refractivity contribution in [3.8, 4) is 44.6 Å². The van der Waals surface area contributed by atoms with Crippen LogP contribution in [0.3, 0.4) is 0 Å². The van der Waals surface area contributed by atoms with Gasteiger partial charge in [-0.2, -0.15) is 0 Å². The third-order valence-corrected chi connectivity index (χ3v) is 12.4. The molecular weight excluding hydrogens is 661 g/mol. The predicted molar refractivity (Wildman–Crippen MR) is 217 cm³/mol. The van der Waals surface area contributed by atoms with Gasteiger partial charge in [0.1, 0.15) is 11.1 Å². The summed E-state index contributed by atoms with van der Waals surface area (Å²) in [7, 11) is 0. The molecule has 0 N–H and O–H groups in total. The van der Waals surface area contributed by atoms with Crippen LogP contribution < -0.4 is 0 Å². The van der Waals surface area contributed by atoms with E-state index < -0.39 is 0 Å². The van der Waals surface area contributed by atoms with Gasteiger partial charge < -0.3 is 4.42 Å². The molecule has 0 aliphatic rings. The molecule has 4 aromatic heterocycles. The molecule has 0 saturated heterocycles. The second-order valence-electron chi connectivity index (χ2n) is 12.9. The lowest BCUT2D eigenvalue weighted by molar-refractivity contribution is 0.653. The Balaban J connectivity index is 0.994. The summed E-state index contributed by atoms with van der Waals surface area (Å²) in [5.41, 5.74) is 11.0. The van der Waals surface area contributed by atoms with E-state index in [0.717, 1.165) is 44.4 Å². The molecule has 238 valence electrons. The van der Waals surface area contributed by atoms with Crippen molar-refractivity contribution in [2.24, 2.45) is 0 Å². The lowest BCUT2D eigenvalue weighted by Gasteiger charge is -2.08. The highest BCUT2D eigenvalue weighted by Gasteiger charge is 2.16. The van der Waals surface area contributed by atoms with Crippen molar-refractivity contribution in [1.29, 1.82) is 0 Å². The Morgan fingerprint density at radius 3 is 1.67 bits per heavy atom. The van der Waals surface area contributed by atoms with E-state index in [0.29, 0.717) is 5.71 Å². The van der Waals surface area contributed by atoms with Gasteiger partial charge in [0.15, 0.2) is 0 Å². The Kier molecular flexibility index (Phi) is 6.29. The number of hydrogen-bond donors (Lipinski definition) is 0. The minimum absolute atomic E-state index is 0.544. The number of thiophene rings is 2. The summed E-state index contributed by atoms with van der Waals surface area (Å²) in [5.74, 6) is 0. The van der Waals surface area contributed by atoms with Gasteiger partial charge in [-0.3, -0.25) is 0 Å². The zero-order chi connectivity index (χ0) is 33.5. The van der Waals surface area contributed by atoms with Gasteiger partial charge in [-0.15, -0.1) is 22.7 Å². The molecule has 0 amide bonds. The Morgan fingerprint density at radius 1 is 0.431 bits per heavy atom. The molecule has 0 radical (unpaired) electrons. The van der Waals surface area contributed by atoms with E-state index in [9.17, 15) is 0 Å². The highest BCUT2D eigenvalue weighted by molar-refractivity contribution is 7.26. The fourth-order valence-electron chi connectivity index (χ4n) is 7.52. The van der Waals surface area contributed by atoms with Crippen molar-refractivity contribution < 1.29 is 4.42 Å². The number of nitrogens with zero attached hydrogens (tertiary/aromatic N) is 2. The highest BCUT2D eigenvalue weighted by atomic mass is 32.1. The first-order valence-corrected chi connectivity index (χ1v) is 18.6. The lowest BCUT2D eigenvalue weighted by Crippen LogP contribution is -1.88. The van der Waals surface area contributed by atoms with Crippen LogP contribution in [0.15, 0.2) is 162 Å². The van der Waals surface area contributed by atoms with Crippen molar-refractivity contribution >= 4 is 85.2 Å². The molecular formula is C46H26N2OS2. The number of rotatable bonds is 4. The third kappa shape index (κ3) is 4.56. The molecule has 11 rings (SSSR count). The molecule has 3 nitrogen and oxygen atoms in total. The first-order valence-electron chi connectivity index (χ1n) is 17.0. The molecule has 0 spiro atoms. The molecule has 0 fully saturated rings. The maximum Gasteiger partial charge on any atom is 0.246 e. The molecule has 0 aliphatic carbocycles. The topological polar surface area (TPSA) is 38.9 Å². The second-order valence-corrected chi connectivity index (χ2v) is 15.0. The molecule has 0 bridgehead atoms. The van der Waals surface area contributed by atoms with E-state index in [2.05, 4.69) is 146 Å². The Morgan fingerprint density at radius 2 is 0.980 bits per heavy atom. The third-order valence-electron chi connectivity index (χ3n) is 9.97. The molecule has 11 aromatic rings. The Labute approximate surface area is 300 Å². The number of furan rings is 1. The Bertz CT molecular complexity index is 2950. The minimum atomic E-state index is 0.544. The number of fused-ring (bicyclic) bond motifs is 9. The average molecular weight is 687 g/mol. The van der Waals surface area contributed by atoms with Gasteiger partial charge in [-0.05, 0) is 69.8 Å². The van der Waals surface area contributed by atoms with Crippen LogP contribution in [0.25, 0.3) is 107 Å². The molecule has 5 heteroatoms. The fraction of sp³-hybridized carbons (Fsp3) is 0. The Hall–Kier alpha value is -6.14.